The number of carbonyl (C=O) groups is 1. The van der Waals surface area contributed by atoms with E-state index < -0.39 is 6.04 Å². The zero-order valence-electron chi connectivity index (χ0n) is 11.9. The van der Waals surface area contributed by atoms with Crippen LogP contribution in [-0.4, -0.2) is 28.8 Å². The molecular formula is C13H20ClN5O. The summed E-state index contributed by atoms with van der Waals surface area (Å²) < 4.78 is 1.62. The number of nitrogens with one attached hydrogen (secondary N) is 2. The van der Waals surface area contributed by atoms with Gasteiger partial charge in [0.15, 0.2) is 0 Å². The Morgan fingerprint density at radius 3 is 2.65 bits per heavy atom. The first-order valence-electron chi connectivity index (χ1n) is 6.57. The molecule has 0 aromatic carbocycles. The van der Waals surface area contributed by atoms with E-state index in [9.17, 15) is 4.79 Å². The minimum absolute atomic E-state index is 0.159. The summed E-state index contributed by atoms with van der Waals surface area (Å²) in [4.78, 5) is 12.4. The fourth-order valence-corrected chi connectivity index (χ4v) is 2.41. The molecule has 4 N–H and O–H groups in total. The van der Waals surface area contributed by atoms with Gasteiger partial charge in [0.05, 0.1) is 16.6 Å². The van der Waals surface area contributed by atoms with Crippen molar-refractivity contribution < 1.29 is 4.79 Å². The van der Waals surface area contributed by atoms with Crippen molar-refractivity contribution >= 4 is 17.5 Å². The molecule has 2 rings (SSSR count). The van der Waals surface area contributed by atoms with Crippen LogP contribution in [-0.2, 0) is 11.8 Å². The van der Waals surface area contributed by atoms with Crippen LogP contribution in [0.25, 0.3) is 0 Å². The molecule has 1 fully saturated rings. The number of nitrogens with two attached hydrogens (primary N) is 1. The van der Waals surface area contributed by atoms with E-state index in [1.807, 2.05) is 0 Å². The molecular weight excluding hydrogens is 278 g/mol. The quantitative estimate of drug-likeness (QED) is 0.703. The highest BCUT2D eigenvalue weighted by molar-refractivity contribution is 6.31. The molecule has 1 aromatic heterocycles. The van der Waals surface area contributed by atoms with Crippen molar-refractivity contribution in [2.75, 3.05) is 7.05 Å². The third kappa shape index (κ3) is 3.13. The summed E-state index contributed by atoms with van der Waals surface area (Å²) in [6.07, 6.45) is 3.75. The second-order valence-corrected chi connectivity index (χ2v) is 5.51. The third-order valence-corrected chi connectivity index (χ3v) is 3.53. The standard InChI is InChI=1S/C13H20ClN5O/c1-7(15)10(13(20)17-8-4-5-8)12(16-2)11-9(14)6-19(3)18-11/h6,8,12,16H,4-5,15H2,1-3H3,(H,17,20)/b10-7+. The molecule has 20 heavy (non-hydrogen) atoms. The molecule has 110 valence electrons. The van der Waals surface area contributed by atoms with Crippen molar-refractivity contribution in [1.82, 2.24) is 20.4 Å². The number of hydrogen-bond acceptors (Lipinski definition) is 4. The van der Waals surface area contributed by atoms with Crippen LogP contribution in [0.4, 0.5) is 0 Å². The van der Waals surface area contributed by atoms with Crippen LogP contribution in [0.3, 0.4) is 0 Å². The molecule has 0 aliphatic heterocycles. The highest BCUT2D eigenvalue weighted by Crippen LogP contribution is 2.29. The van der Waals surface area contributed by atoms with E-state index in [1.165, 1.54) is 0 Å². The van der Waals surface area contributed by atoms with Gasteiger partial charge in [-0.1, -0.05) is 11.6 Å². The van der Waals surface area contributed by atoms with E-state index in [0.717, 1.165) is 12.8 Å². The van der Waals surface area contributed by atoms with Gasteiger partial charge in [-0.3, -0.25) is 9.48 Å². The molecule has 1 unspecified atom stereocenters. The van der Waals surface area contributed by atoms with Crippen molar-refractivity contribution in [2.45, 2.75) is 31.8 Å². The van der Waals surface area contributed by atoms with E-state index in [1.54, 1.807) is 31.9 Å². The Hall–Kier alpha value is -1.53. The van der Waals surface area contributed by atoms with Crippen molar-refractivity contribution in [3.8, 4) is 0 Å². The average molecular weight is 298 g/mol. The minimum Gasteiger partial charge on any atom is -0.402 e. The number of nitrogens with zero attached hydrogens (tertiary/aromatic N) is 2. The van der Waals surface area contributed by atoms with Crippen molar-refractivity contribution in [1.29, 1.82) is 0 Å². The number of aryl methyl sites for hydroxylation is 1. The van der Waals surface area contributed by atoms with Crippen molar-refractivity contribution in [3.63, 3.8) is 0 Å². The second-order valence-electron chi connectivity index (χ2n) is 5.10. The zero-order chi connectivity index (χ0) is 14.9. The van der Waals surface area contributed by atoms with Crippen LogP contribution in [0, 0.1) is 0 Å². The molecule has 0 spiro atoms. The van der Waals surface area contributed by atoms with Crippen LogP contribution in [0.2, 0.25) is 5.02 Å². The Morgan fingerprint density at radius 1 is 1.60 bits per heavy atom. The lowest BCUT2D eigenvalue weighted by atomic mass is 10.0. The van der Waals surface area contributed by atoms with Gasteiger partial charge in [-0.2, -0.15) is 5.10 Å². The summed E-state index contributed by atoms with van der Waals surface area (Å²) in [6, 6.07) is -0.152. The van der Waals surface area contributed by atoms with Gasteiger partial charge < -0.3 is 16.4 Å². The lowest BCUT2D eigenvalue weighted by molar-refractivity contribution is -0.118. The van der Waals surface area contributed by atoms with Crippen LogP contribution in [0.1, 0.15) is 31.5 Å². The predicted octanol–water partition coefficient (Wildman–Crippen LogP) is 0.845. The summed E-state index contributed by atoms with van der Waals surface area (Å²) in [5.74, 6) is -0.159. The number of halogens is 1. The first kappa shape index (κ1) is 14.9. The molecule has 0 bridgehead atoms. The number of allylic oxidation sites excluding steroid dienone is 1. The summed E-state index contributed by atoms with van der Waals surface area (Å²) >= 11 is 6.17. The van der Waals surface area contributed by atoms with Gasteiger partial charge in [0.1, 0.15) is 5.69 Å². The molecule has 1 atom stereocenters. The number of likely N-dealkylation sites (N-methyl/N-ethyl adjacent to an activating group) is 1. The second kappa shape index (κ2) is 5.85. The Morgan fingerprint density at radius 2 is 2.25 bits per heavy atom. The molecule has 6 nitrogen and oxygen atoms in total. The minimum atomic E-state index is -0.424. The lowest BCUT2D eigenvalue weighted by Gasteiger charge is -2.19. The van der Waals surface area contributed by atoms with E-state index in [4.69, 9.17) is 17.3 Å². The van der Waals surface area contributed by atoms with Gasteiger partial charge in [0.2, 0.25) is 0 Å². The molecule has 1 aliphatic carbocycles. The molecule has 1 saturated carbocycles. The molecule has 0 saturated heterocycles. The van der Waals surface area contributed by atoms with Crippen molar-refractivity contribution in [2.24, 2.45) is 12.8 Å². The number of aromatic nitrogens is 2. The summed E-state index contributed by atoms with van der Waals surface area (Å²) in [5.41, 5.74) is 7.44. The molecule has 0 radical (unpaired) electrons. The average Bonchev–Trinajstić information content (AvgIpc) is 3.10. The van der Waals surface area contributed by atoms with E-state index in [2.05, 4.69) is 15.7 Å². The van der Waals surface area contributed by atoms with E-state index >= 15 is 0 Å². The SMILES string of the molecule is CNC(/C(C(=O)NC1CC1)=C(/C)N)c1nn(C)cc1Cl. The van der Waals surface area contributed by atoms with Gasteiger partial charge >= 0.3 is 0 Å². The van der Waals surface area contributed by atoms with Gasteiger partial charge in [0, 0.05) is 25.0 Å². The highest BCUT2D eigenvalue weighted by atomic mass is 35.5. The Bertz CT molecular complexity index is 543. The van der Waals surface area contributed by atoms with Gasteiger partial charge in [-0.05, 0) is 26.8 Å². The third-order valence-electron chi connectivity index (χ3n) is 3.24. The van der Waals surface area contributed by atoms with E-state index in [0.29, 0.717) is 22.0 Å². The topological polar surface area (TPSA) is 85.0 Å². The number of hydrogen-bond donors (Lipinski definition) is 3. The zero-order valence-corrected chi connectivity index (χ0v) is 12.7. The van der Waals surface area contributed by atoms with Crippen LogP contribution in [0.15, 0.2) is 17.5 Å². The molecule has 7 heteroatoms. The first-order chi connectivity index (χ1) is 9.43. The van der Waals surface area contributed by atoms with Crippen LogP contribution >= 0.6 is 11.6 Å². The smallest absolute Gasteiger partial charge is 0.251 e. The maximum absolute atomic E-state index is 12.4. The fourth-order valence-electron chi connectivity index (χ4n) is 2.12. The normalized spacial score (nSPS) is 17.6. The summed E-state index contributed by atoms with van der Waals surface area (Å²) in [5, 5.41) is 10.8. The molecule has 1 aromatic rings. The number of carbonyl (C=O) groups excluding carboxylic acids is 1. The van der Waals surface area contributed by atoms with E-state index in [-0.39, 0.29) is 11.9 Å². The maximum atomic E-state index is 12.4. The lowest BCUT2D eigenvalue weighted by Crippen LogP contribution is -2.35. The fraction of sp³-hybridized carbons (Fsp3) is 0.538. The number of rotatable bonds is 5. The molecule has 1 amide bonds. The van der Waals surface area contributed by atoms with Gasteiger partial charge in [-0.15, -0.1) is 0 Å². The predicted molar refractivity (Wildman–Crippen MR) is 78.1 cm³/mol. The molecule has 1 aliphatic rings. The Labute approximate surface area is 123 Å². The maximum Gasteiger partial charge on any atom is 0.251 e. The highest BCUT2D eigenvalue weighted by Gasteiger charge is 2.31. The monoisotopic (exact) mass is 297 g/mol. The van der Waals surface area contributed by atoms with Gasteiger partial charge in [0.25, 0.3) is 5.91 Å². The Kier molecular flexibility index (Phi) is 4.35. The van der Waals surface area contributed by atoms with Crippen LogP contribution < -0.4 is 16.4 Å². The van der Waals surface area contributed by atoms with Gasteiger partial charge in [-0.25, -0.2) is 0 Å². The number of amides is 1. The van der Waals surface area contributed by atoms with Crippen LogP contribution in [0.5, 0.6) is 0 Å². The van der Waals surface area contributed by atoms with Crippen molar-refractivity contribution in [3.05, 3.63) is 28.2 Å². The summed E-state index contributed by atoms with van der Waals surface area (Å²) in [6.45, 7) is 1.71. The Balaban J connectivity index is 2.32. The molecule has 1 heterocycles. The summed E-state index contributed by atoms with van der Waals surface area (Å²) in [7, 11) is 3.54. The largest absolute Gasteiger partial charge is 0.402 e. The first-order valence-corrected chi connectivity index (χ1v) is 6.95.